The van der Waals surface area contributed by atoms with E-state index in [1.807, 2.05) is 0 Å². The summed E-state index contributed by atoms with van der Waals surface area (Å²) in [6.07, 6.45) is 5.35. The highest BCUT2D eigenvalue weighted by Gasteiger charge is 2.21. The molecule has 2 atom stereocenters. The Morgan fingerprint density at radius 1 is 1.38 bits per heavy atom. The Labute approximate surface area is 95.8 Å². The van der Waals surface area contributed by atoms with Gasteiger partial charge in [-0.1, -0.05) is 31.3 Å². The number of nitrogens with one attached hydrogen (secondary N) is 1. The van der Waals surface area contributed by atoms with Gasteiger partial charge in [0.2, 0.25) is 5.89 Å². The first-order valence-corrected chi connectivity index (χ1v) is 6.06. The van der Waals surface area contributed by atoms with Gasteiger partial charge in [-0.2, -0.15) is 0 Å². The summed E-state index contributed by atoms with van der Waals surface area (Å²) in [6.45, 7) is 3.55. The minimum absolute atomic E-state index is 0.300. The van der Waals surface area contributed by atoms with Crippen LogP contribution < -0.4 is 11.1 Å². The van der Waals surface area contributed by atoms with Crippen LogP contribution in [0.2, 0.25) is 0 Å². The number of rotatable bonds is 4. The standard InChI is InChI=1S/C11H20N4O/c1-8-4-2-3-5-9(8)7-13-11-15-14-10(6-12)16-11/h8-9H,2-7,12H2,1H3,(H,13,15). The van der Waals surface area contributed by atoms with Crippen molar-refractivity contribution in [2.75, 3.05) is 11.9 Å². The molecule has 5 nitrogen and oxygen atoms in total. The van der Waals surface area contributed by atoms with Gasteiger partial charge in [-0.05, 0) is 18.3 Å². The van der Waals surface area contributed by atoms with Crippen LogP contribution in [0.25, 0.3) is 0 Å². The van der Waals surface area contributed by atoms with E-state index in [1.165, 1.54) is 25.7 Å². The maximum atomic E-state index is 5.40. The van der Waals surface area contributed by atoms with Crippen molar-refractivity contribution in [3.8, 4) is 0 Å². The predicted molar refractivity (Wildman–Crippen MR) is 61.8 cm³/mol. The lowest BCUT2D eigenvalue weighted by Crippen LogP contribution is -2.24. The lowest BCUT2D eigenvalue weighted by Gasteiger charge is -2.28. The van der Waals surface area contributed by atoms with Crippen molar-refractivity contribution in [1.29, 1.82) is 0 Å². The highest BCUT2D eigenvalue weighted by Crippen LogP contribution is 2.29. The van der Waals surface area contributed by atoms with E-state index in [1.54, 1.807) is 0 Å². The lowest BCUT2D eigenvalue weighted by atomic mass is 9.80. The number of hydrogen-bond donors (Lipinski definition) is 2. The molecule has 1 aromatic heterocycles. The van der Waals surface area contributed by atoms with Crippen LogP contribution in [0.3, 0.4) is 0 Å². The Morgan fingerprint density at radius 3 is 2.88 bits per heavy atom. The Bertz CT molecular complexity index is 326. The van der Waals surface area contributed by atoms with Crippen LogP contribution in [0.1, 0.15) is 38.5 Å². The van der Waals surface area contributed by atoms with Crippen LogP contribution in [-0.2, 0) is 6.54 Å². The largest absolute Gasteiger partial charge is 0.407 e. The second-order valence-electron chi connectivity index (χ2n) is 4.61. The first kappa shape index (κ1) is 11.4. The first-order chi connectivity index (χ1) is 7.79. The second-order valence-corrected chi connectivity index (χ2v) is 4.61. The molecule has 0 spiro atoms. The fourth-order valence-electron chi connectivity index (χ4n) is 2.32. The first-order valence-electron chi connectivity index (χ1n) is 6.06. The average molecular weight is 224 g/mol. The molecule has 3 N–H and O–H groups in total. The molecule has 1 saturated carbocycles. The molecule has 0 radical (unpaired) electrons. The third-order valence-corrected chi connectivity index (χ3v) is 3.45. The van der Waals surface area contributed by atoms with Crippen molar-refractivity contribution >= 4 is 6.01 Å². The maximum absolute atomic E-state index is 5.40. The SMILES string of the molecule is CC1CCCCC1CNc1nnc(CN)o1. The summed E-state index contributed by atoms with van der Waals surface area (Å²) in [4.78, 5) is 0. The van der Waals surface area contributed by atoms with E-state index >= 15 is 0 Å². The highest BCUT2D eigenvalue weighted by atomic mass is 16.4. The topological polar surface area (TPSA) is 77.0 Å². The number of nitrogens with two attached hydrogens (primary N) is 1. The van der Waals surface area contributed by atoms with Gasteiger partial charge in [0.05, 0.1) is 6.54 Å². The quantitative estimate of drug-likeness (QED) is 0.815. The molecule has 2 rings (SSSR count). The van der Waals surface area contributed by atoms with Gasteiger partial charge in [-0.3, -0.25) is 0 Å². The zero-order valence-corrected chi connectivity index (χ0v) is 9.78. The number of anilines is 1. The normalized spacial score (nSPS) is 25.6. The summed E-state index contributed by atoms with van der Waals surface area (Å²) in [5.41, 5.74) is 5.40. The summed E-state index contributed by atoms with van der Waals surface area (Å²) in [7, 11) is 0. The maximum Gasteiger partial charge on any atom is 0.315 e. The van der Waals surface area contributed by atoms with E-state index in [4.69, 9.17) is 10.2 Å². The Hall–Kier alpha value is -1.10. The molecule has 1 aliphatic rings. The third-order valence-electron chi connectivity index (χ3n) is 3.45. The molecule has 2 unspecified atom stereocenters. The molecule has 16 heavy (non-hydrogen) atoms. The summed E-state index contributed by atoms with van der Waals surface area (Å²) in [5.74, 6) is 2.00. The molecule has 0 bridgehead atoms. The Kier molecular flexibility index (Phi) is 3.77. The highest BCUT2D eigenvalue weighted by molar-refractivity contribution is 5.16. The van der Waals surface area contributed by atoms with Gasteiger partial charge in [0, 0.05) is 6.54 Å². The Balaban J connectivity index is 1.81. The van der Waals surface area contributed by atoms with Gasteiger partial charge in [0.1, 0.15) is 0 Å². The molecular formula is C11H20N4O. The van der Waals surface area contributed by atoms with E-state index in [9.17, 15) is 0 Å². The van der Waals surface area contributed by atoms with Gasteiger partial charge in [-0.25, -0.2) is 0 Å². The molecule has 1 heterocycles. The minimum Gasteiger partial charge on any atom is -0.407 e. The number of hydrogen-bond acceptors (Lipinski definition) is 5. The number of aromatic nitrogens is 2. The van der Waals surface area contributed by atoms with Crippen LogP contribution in [-0.4, -0.2) is 16.7 Å². The van der Waals surface area contributed by atoms with E-state index in [2.05, 4.69) is 22.4 Å². The summed E-state index contributed by atoms with van der Waals surface area (Å²) >= 11 is 0. The van der Waals surface area contributed by atoms with Crippen molar-refractivity contribution < 1.29 is 4.42 Å². The zero-order chi connectivity index (χ0) is 11.4. The lowest BCUT2D eigenvalue weighted by molar-refractivity contribution is 0.267. The molecule has 1 aromatic rings. The second kappa shape index (κ2) is 5.30. The fourth-order valence-corrected chi connectivity index (χ4v) is 2.32. The predicted octanol–water partition coefficient (Wildman–Crippen LogP) is 1.77. The summed E-state index contributed by atoms with van der Waals surface area (Å²) in [6, 6.07) is 0.498. The molecule has 90 valence electrons. The molecule has 5 heteroatoms. The average Bonchev–Trinajstić information content (AvgIpc) is 2.76. The monoisotopic (exact) mass is 224 g/mol. The Morgan fingerprint density at radius 2 is 2.19 bits per heavy atom. The van der Waals surface area contributed by atoms with E-state index < -0.39 is 0 Å². The summed E-state index contributed by atoms with van der Waals surface area (Å²) in [5, 5.41) is 10.9. The molecule has 1 fully saturated rings. The molecule has 0 aromatic carbocycles. The third kappa shape index (κ3) is 2.72. The minimum atomic E-state index is 0.300. The van der Waals surface area contributed by atoms with Crippen molar-refractivity contribution in [2.45, 2.75) is 39.2 Å². The van der Waals surface area contributed by atoms with Crippen molar-refractivity contribution in [2.24, 2.45) is 17.6 Å². The van der Waals surface area contributed by atoms with E-state index in [0.717, 1.165) is 18.4 Å². The molecule has 0 saturated heterocycles. The van der Waals surface area contributed by atoms with Crippen molar-refractivity contribution in [3.63, 3.8) is 0 Å². The smallest absolute Gasteiger partial charge is 0.315 e. The zero-order valence-electron chi connectivity index (χ0n) is 9.78. The van der Waals surface area contributed by atoms with Gasteiger partial charge in [-0.15, -0.1) is 5.10 Å². The van der Waals surface area contributed by atoms with Gasteiger partial charge >= 0.3 is 6.01 Å². The molecule has 0 aliphatic heterocycles. The summed E-state index contributed by atoms with van der Waals surface area (Å²) < 4.78 is 5.30. The van der Waals surface area contributed by atoms with E-state index in [0.29, 0.717) is 18.5 Å². The van der Waals surface area contributed by atoms with Crippen LogP contribution >= 0.6 is 0 Å². The van der Waals surface area contributed by atoms with Gasteiger partial charge in [0.25, 0.3) is 0 Å². The van der Waals surface area contributed by atoms with Crippen LogP contribution in [0, 0.1) is 11.8 Å². The van der Waals surface area contributed by atoms with Gasteiger partial charge in [0.15, 0.2) is 0 Å². The van der Waals surface area contributed by atoms with Crippen LogP contribution in [0.5, 0.6) is 0 Å². The van der Waals surface area contributed by atoms with Gasteiger partial charge < -0.3 is 15.5 Å². The van der Waals surface area contributed by atoms with Crippen molar-refractivity contribution in [3.05, 3.63) is 5.89 Å². The number of nitrogens with zero attached hydrogens (tertiary/aromatic N) is 2. The van der Waals surface area contributed by atoms with Crippen molar-refractivity contribution in [1.82, 2.24) is 10.2 Å². The molecule has 0 amide bonds. The molecular weight excluding hydrogens is 204 g/mol. The van der Waals surface area contributed by atoms with Crippen LogP contribution in [0.15, 0.2) is 4.42 Å². The molecule has 1 aliphatic carbocycles. The fraction of sp³-hybridized carbons (Fsp3) is 0.818. The van der Waals surface area contributed by atoms with Crippen LogP contribution in [0.4, 0.5) is 6.01 Å². The van der Waals surface area contributed by atoms with E-state index in [-0.39, 0.29) is 0 Å².